The Morgan fingerprint density at radius 3 is 2.50 bits per heavy atom. The molecule has 18 heavy (non-hydrogen) atoms. The highest BCUT2D eigenvalue weighted by Gasteiger charge is 2.32. The Morgan fingerprint density at radius 2 is 2.00 bits per heavy atom. The van der Waals surface area contributed by atoms with Crippen LogP contribution in [0.15, 0.2) is 0 Å². The summed E-state index contributed by atoms with van der Waals surface area (Å²) in [4.78, 5) is 2.19. The van der Waals surface area contributed by atoms with E-state index >= 15 is 0 Å². The molecular weight excluding hydrogens is 226 g/mol. The molecule has 1 saturated heterocycles. The molecule has 1 aliphatic heterocycles. The molecule has 0 radical (unpaired) electrons. The molecule has 3 N–H and O–H groups in total. The predicted molar refractivity (Wildman–Crippen MR) is 73.1 cm³/mol. The Morgan fingerprint density at radius 1 is 1.33 bits per heavy atom. The number of hydrogen-bond donors (Lipinski definition) is 2. The van der Waals surface area contributed by atoms with Crippen LogP contribution in [0.5, 0.6) is 0 Å². The molecule has 1 aromatic heterocycles. The lowest BCUT2D eigenvalue weighted by Crippen LogP contribution is -2.28. The van der Waals surface area contributed by atoms with Gasteiger partial charge in [0.05, 0.1) is 11.3 Å². The number of aromatic nitrogens is 2. The fraction of sp³-hybridized carbons (Fsp3) is 0.615. The van der Waals surface area contributed by atoms with Gasteiger partial charge in [0.15, 0.2) is 5.82 Å². The first kappa shape index (κ1) is 12.8. The van der Waals surface area contributed by atoms with E-state index in [-0.39, 0.29) is 11.3 Å². The van der Waals surface area contributed by atoms with Gasteiger partial charge in [-0.2, -0.15) is 5.10 Å². The molecule has 98 valence electrons. The second-order valence-corrected chi connectivity index (χ2v) is 5.86. The fourth-order valence-corrected chi connectivity index (χ4v) is 2.43. The van der Waals surface area contributed by atoms with E-state index < -0.39 is 0 Å². The van der Waals surface area contributed by atoms with E-state index in [4.69, 9.17) is 11.1 Å². The SMILES string of the molecule is Cc1nnc(N2CCC(C)(C)C2)c(C(=N)N)c1C. The molecule has 0 saturated carbocycles. The monoisotopic (exact) mass is 247 g/mol. The minimum Gasteiger partial charge on any atom is -0.384 e. The van der Waals surface area contributed by atoms with Gasteiger partial charge in [0.25, 0.3) is 0 Å². The Hall–Kier alpha value is -1.65. The molecule has 1 aliphatic rings. The van der Waals surface area contributed by atoms with Crippen molar-refractivity contribution < 1.29 is 0 Å². The summed E-state index contributed by atoms with van der Waals surface area (Å²) in [5.41, 5.74) is 8.52. The van der Waals surface area contributed by atoms with E-state index in [9.17, 15) is 0 Å². The largest absolute Gasteiger partial charge is 0.384 e. The number of nitrogens with one attached hydrogen (secondary N) is 1. The van der Waals surface area contributed by atoms with Crippen LogP contribution in [0.4, 0.5) is 5.82 Å². The molecule has 5 heteroatoms. The zero-order valence-electron chi connectivity index (χ0n) is 11.5. The van der Waals surface area contributed by atoms with Crippen LogP contribution in [0, 0.1) is 24.7 Å². The number of nitrogen functional groups attached to an aromatic ring is 1. The van der Waals surface area contributed by atoms with Gasteiger partial charge in [-0.25, -0.2) is 0 Å². The Labute approximate surface area is 108 Å². The highest BCUT2D eigenvalue weighted by molar-refractivity contribution is 6.01. The molecule has 2 rings (SSSR count). The molecule has 0 aromatic carbocycles. The first-order valence-corrected chi connectivity index (χ1v) is 6.25. The molecule has 1 fully saturated rings. The third-order valence-corrected chi connectivity index (χ3v) is 3.68. The van der Waals surface area contributed by atoms with Crippen LogP contribution in [-0.4, -0.2) is 29.1 Å². The van der Waals surface area contributed by atoms with Gasteiger partial charge in [0.1, 0.15) is 5.84 Å². The van der Waals surface area contributed by atoms with Crippen molar-refractivity contribution in [3.05, 3.63) is 16.8 Å². The lowest BCUT2D eigenvalue weighted by Gasteiger charge is -2.23. The number of amidine groups is 1. The molecule has 5 nitrogen and oxygen atoms in total. The van der Waals surface area contributed by atoms with E-state index in [1.54, 1.807) is 0 Å². The van der Waals surface area contributed by atoms with Crippen LogP contribution in [-0.2, 0) is 0 Å². The molecule has 0 atom stereocenters. The lowest BCUT2D eigenvalue weighted by molar-refractivity contribution is 0.418. The maximum Gasteiger partial charge on any atom is 0.162 e. The fourth-order valence-electron chi connectivity index (χ4n) is 2.43. The maximum atomic E-state index is 7.76. The molecule has 0 aliphatic carbocycles. The summed E-state index contributed by atoms with van der Waals surface area (Å²) in [7, 11) is 0. The molecule has 0 spiro atoms. The Balaban J connectivity index is 2.46. The van der Waals surface area contributed by atoms with Crippen LogP contribution in [0.1, 0.15) is 37.1 Å². The third kappa shape index (κ3) is 2.17. The van der Waals surface area contributed by atoms with E-state index in [1.807, 2.05) is 13.8 Å². The number of aryl methyl sites for hydroxylation is 1. The quantitative estimate of drug-likeness (QED) is 0.614. The van der Waals surface area contributed by atoms with Crippen molar-refractivity contribution in [1.82, 2.24) is 10.2 Å². The molecular formula is C13H21N5. The van der Waals surface area contributed by atoms with E-state index in [2.05, 4.69) is 28.9 Å². The lowest BCUT2D eigenvalue weighted by atomic mass is 9.93. The van der Waals surface area contributed by atoms with Crippen molar-refractivity contribution in [1.29, 1.82) is 5.41 Å². The second kappa shape index (κ2) is 4.23. The standard InChI is InChI=1S/C13H21N5/c1-8-9(2)16-17-12(10(8)11(14)15)18-6-5-13(3,4)7-18/h5-7H2,1-4H3,(H3,14,15). The van der Waals surface area contributed by atoms with Crippen LogP contribution < -0.4 is 10.6 Å². The second-order valence-electron chi connectivity index (χ2n) is 5.86. The summed E-state index contributed by atoms with van der Waals surface area (Å²) in [5.74, 6) is 0.835. The summed E-state index contributed by atoms with van der Waals surface area (Å²) >= 11 is 0. The summed E-state index contributed by atoms with van der Waals surface area (Å²) in [5, 5.41) is 16.2. The minimum absolute atomic E-state index is 0.0743. The number of hydrogen-bond acceptors (Lipinski definition) is 4. The molecule has 0 bridgehead atoms. The average molecular weight is 247 g/mol. The number of nitrogens with two attached hydrogens (primary N) is 1. The number of anilines is 1. The third-order valence-electron chi connectivity index (χ3n) is 3.68. The van der Waals surface area contributed by atoms with Crippen molar-refractivity contribution >= 4 is 11.7 Å². The maximum absolute atomic E-state index is 7.76. The van der Waals surface area contributed by atoms with E-state index in [0.717, 1.165) is 42.1 Å². The number of rotatable bonds is 2. The van der Waals surface area contributed by atoms with Gasteiger partial charge < -0.3 is 10.6 Å². The van der Waals surface area contributed by atoms with Crippen molar-refractivity contribution in [3.8, 4) is 0 Å². The first-order valence-electron chi connectivity index (χ1n) is 6.25. The highest BCUT2D eigenvalue weighted by Crippen LogP contribution is 2.33. The number of nitrogens with zero attached hydrogens (tertiary/aromatic N) is 3. The highest BCUT2D eigenvalue weighted by atomic mass is 15.3. The summed E-state index contributed by atoms with van der Waals surface area (Å²) in [6.45, 7) is 10.2. The van der Waals surface area contributed by atoms with Gasteiger partial charge in [-0.15, -0.1) is 5.10 Å². The summed E-state index contributed by atoms with van der Waals surface area (Å²) in [6, 6.07) is 0. The topological polar surface area (TPSA) is 78.9 Å². The van der Waals surface area contributed by atoms with Gasteiger partial charge in [-0.05, 0) is 31.2 Å². The summed E-state index contributed by atoms with van der Waals surface area (Å²) < 4.78 is 0. The van der Waals surface area contributed by atoms with Crippen molar-refractivity contribution in [2.75, 3.05) is 18.0 Å². The van der Waals surface area contributed by atoms with Gasteiger partial charge in [-0.1, -0.05) is 13.8 Å². The van der Waals surface area contributed by atoms with Crippen molar-refractivity contribution in [2.24, 2.45) is 11.1 Å². The zero-order chi connectivity index (χ0) is 13.5. The minimum atomic E-state index is 0.0743. The molecule has 1 aromatic rings. The predicted octanol–water partition coefficient (Wildman–Crippen LogP) is 1.61. The van der Waals surface area contributed by atoms with Crippen LogP contribution >= 0.6 is 0 Å². The molecule has 2 heterocycles. The van der Waals surface area contributed by atoms with Gasteiger partial charge in [0.2, 0.25) is 0 Å². The van der Waals surface area contributed by atoms with Crippen molar-refractivity contribution in [2.45, 2.75) is 34.1 Å². The Bertz CT molecular complexity index is 492. The van der Waals surface area contributed by atoms with Crippen LogP contribution in [0.25, 0.3) is 0 Å². The van der Waals surface area contributed by atoms with Gasteiger partial charge in [-0.3, -0.25) is 5.41 Å². The first-order chi connectivity index (χ1) is 8.32. The van der Waals surface area contributed by atoms with E-state index in [1.165, 1.54) is 0 Å². The Kier molecular flexibility index (Phi) is 3.00. The average Bonchev–Trinajstić information content (AvgIpc) is 2.62. The van der Waals surface area contributed by atoms with Crippen molar-refractivity contribution in [3.63, 3.8) is 0 Å². The van der Waals surface area contributed by atoms with Gasteiger partial charge >= 0.3 is 0 Å². The zero-order valence-corrected chi connectivity index (χ0v) is 11.5. The van der Waals surface area contributed by atoms with Gasteiger partial charge in [0, 0.05) is 13.1 Å². The van der Waals surface area contributed by atoms with Crippen LogP contribution in [0.3, 0.4) is 0 Å². The normalized spacial score (nSPS) is 18.1. The summed E-state index contributed by atoms with van der Waals surface area (Å²) in [6.07, 6.45) is 1.12. The van der Waals surface area contributed by atoms with Crippen LogP contribution in [0.2, 0.25) is 0 Å². The van der Waals surface area contributed by atoms with E-state index in [0.29, 0.717) is 0 Å². The molecule has 0 amide bonds. The molecule has 0 unspecified atom stereocenters. The smallest absolute Gasteiger partial charge is 0.162 e.